The number of nitrogens with zero attached hydrogens (tertiary/aromatic N) is 2. The van der Waals surface area contributed by atoms with Crippen molar-refractivity contribution in [1.82, 2.24) is 0 Å². The van der Waals surface area contributed by atoms with Crippen LogP contribution in [0, 0.1) is 10.1 Å². The fourth-order valence-electron chi connectivity index (χ4n) is 1.14. The molecule has 7 nitrogen and oxygen atoms in total. The van der Waals surface area contributed by atoms with Crippen LogP contribution in [0.5, 0.6) is 5.75 Å². The Morgan fingerprint density at radius 3 is 2.80 bits per heavy atom. The Kier molecular flexibility index (Phi) is 3.06. The second-order valence-electron chi connectivity index (χ2n) is 2.60. The maximum Gasteiger partial charge on any atom is 0.311 e. The molecule has 0 heterocycles. The van der Waals surface area contributed by atoms with E-state index in [0.29, 0.717) is 0 Å². The van der Waals surface area contributed by atoms with E-state index in [9.17, 15) is 10.1 Å². The van der Waals surface area contributed by atoms with Gasteiger partial charge in [0.1, 0.15) is 0 Å². The number of hydrogen-bond acceptors (Lipinski definition) is 5. The Balaban J connectivity index is 3.41. The largest absolute Gasteiger partial charge is 0.490 e. The lowest BCUT2D eigenvalue weighted by molar-refractivity contribution is -0.385. The molecule has 3 N–H and O–H groups in total. The van der Waals surface area contributed by atoms with Gasteiger partial charge in [-0.05, 0) is 6.07 Å². The molecule has 0 aliphatic rings. The number of hydrogen-bond donors (Lipinski definition) is 2. The van der Waals surface area contributed by atoms with E-state index in [0.717, 1.165) is 0 Å². The van der Waals surface area contributed by atoms with E-state index in [-0.39, 0.29) is 22.8 Å². The molecule has 0 fully saturated rings. The fraction of sp³-hybridized carbons (Fsp3) is 0.125. The molecule has 15 heavy (non-hydrogen) atoms. The van der Waals surface area contributed by atoms with Crippen molar-refractivity contribution in [2.24, 2.45) is 10.9 Å². The van der Waals surface area contributed by atoms with Gasteiger partial charge in [0.25, 0.3) is 0 Å². The van der Waals surface area contributed by atoms with Crippen LogP contribution in [0.25, 0.3) is 0 Å². The lowest BCUT2D eigenvalue weighted by Gasteiger charge is -2.06. The van der Waals surface area contributed by atoms with E-state index in [2.05, 4.69) is 5.16 Å². The van der Waals surface area contributed by atoms with Gasteiger partial charge in [-0.25, -0.2) is 0 Å². The fourth-order valence-corrected chi connectivity index (χ4v) is 1.14. The molecule has 0 aliphatic heterocycles. The molecule has 0 saturated carbocycles. The van der Waals surface area contributed by atoms with Gasteiger partial charge in [0.05, 0.1) is 17.6 Å². The van der Waals surface area contributed by atoms with E-state index < -0.39 is 4.92 Å². The van der Waals surface area contributed by atoms with Crippen molar-refractivity contribution in [2.45, 2.75) is 0 Å². The Morgan fingerprint density at radius 1 is 1.67 bits per heavy atom. The summed E-state index contributed by atoms with van der Waals surface area (Å²) in [6, 6.07) is 4.15. The van der Waals surface area contributed by atoms with E-state index in [1.807, 2.05) is 0 Å². The third-order valence-electron chi connectivity index (χ3n) is 1.78. The Labute approximate surface area is 84.9 Å². The van der Waals surface area contributed by atoms with Crippen LogP contribution in [0.15, 0.2) is 23.4 Å². The topological polar surface area (TPSA) is 111 Å². The van der Waals surface area contributed by atoms with E-state index in [1.54, 1.807) is 0 Å². The Hall–Kier alpha value is -2.31. The van der Waals surface area contributed by atoms with Crippen molar-refractivity contribution < 1.29 is 14.9 Å². The molecule has 0 aromatic heterocycles. The summed E-state index contributed by atoms with van der Waals surface area (Å²) in [5, 5.41) is 21.9. The predicted molar refractivity (Wildman–Crippen MR) is 52.2 cm³/mol. The van der Waals surface area contributed by atoms with E-state index in [1.165, 1.54) is 25.3 Å². The second kappa shape index (κ2) is 4.27. The van der Waals surface area contributed by atoms with E-state index in [4.69, 9.17) is 15.7 Å². The van der Waals surface area contributed by atoms with Gasteiger partial charge >= 0.3 is 5.69 Å². The van der Waals surface area contributed by atoms with Crippen molar-refractivity contribution in [3.63, 3.8) is 0 Å². The quantitative estimate of drug-likeness (QED) is 0.251. The highest BCUT2D eigenvalue weighted by atomic mass is 16.6. The van der Waals surface area contributed by atoms with Gasteiger partial charge in [0.15, 0.2) is 5.84 Å². The Morgan fingerprint density at radius 2 is 2.33 bits per heavy atom. The maximum atomic E-state index is 10.6. The van der Waals surface area contributed by atoms with Crippen LogP contribution in [0.2, 0.25) is 0 Å². The molecule has 1 rings (SSSR count). The monoisotopic (exact) mass is 211 g/mol. The first kappa shape index (κ1) is 10.8. The number of amidine groups is 1. The molecule has 0 unspecified atom stereocenters. The molecule has 0 amide bonds. The summed E-state index contributed by atoms with van der Waals surface area (Å²) in [6.45, 7) is 0. The summed E-state index contributed by atoms with van der Waals surface area (Å²) in [7, 11) is 1.27. The zero-order chi connectivity index (χ0) is 11.4. The number of benzene rings is 1. The lowest BCUT2D eigenvalue weighted by atomic mass is 10.1. The molecule has 0 atom stereocenters. The highest BCUT2D eigenvalue weighted by Crippen LogP contribution is 2.30. The number of para-hydroxylation sites is 1. The Bertz CT molecular complexity index is 416. The molecule has 1 aromatic carbocycles. The highest BCUT2D eigenvalue weighted by molar-refractivity contribution is 6.00. The number of oxime groups is 1. The summed E-state index contributed by atoms with van der Waals surface area (Å²) < 4.78 is 4.85. The van der Waals surface area contributed by atoms with Crippen molar-refractivity contribution >= 4 is 11.5 Å². The number of nitro groups is 1. The second-order valence-corrected chi connectivity index (χ2v) is 2.60. The molecule has 0 aliphatic carbocycles. The normalized spacial score (nSPS) is 11.1. The van der Waals surface area contributed by atoms with Crippen molar-refractivity contribution in [3.05, 3.63) is 33.9 Å². The van der Waals surface area contributed by atoms with Crippen LogP contribution in [-0.2, 0) is 0 Å². The first-order valence-electron chi connectivity index (χ1n) is 3.91. The number of methoxy groups -OCH3 is 1. The highest BCUT2D eigenvalue weighted by Gasteiger charge is 2.20. The average Bonchev–Trinajstić information content (AvgIpc) is 2.26. The third-order valence-corrected chi connectivity index (χ3v) is 1.78. The molecule has 1 aromatic rings. The van der Waals surface area contributed by atoms with Gasteiger partial charge in [-0.3, -0.25) is 10.1 Å². The summed E-state index contributed by atoms with van der Waals surface area (Å²) in [5.74, 6) is -0.270. The number of ether oxygens (including phenoxy) is 1. The molecule has 0 radical (unpaired) electrons. The third kappa shape index (κ3) is 1.96. The molecule has 80 valence electrons. The van der Waals surface area contributed by atoms with Crippen LogP contribution in [-0.4, -0.2) is 23.1 Å². The first-order chi connectivity index (χ1) is 7.11. The van der Waals surface area contributed by atoms with Gasteiger partial charge in [-0.1, -0.05) is 11.2 Å². The van der Waals surface area contributed by atoms with Gasteiger partial charge in [-0.15, -0.1) is 0 Å². The molecule has 0 bridgehead atoms. The first-order valence-corrected chi connectivity index (χ1v) is 3.91. The van der Waals surface area contributed by atoms with Gasteiger partial charge in [0, 0.05) is 6.07 Å². The van der Waals surface area contributed by atoms with Gasteiger partial charge in [-0.2, -0.15) is 0 Å². The summed E-state index contributed by atoms with van der Waals surface area (Å²) >= 11 is 0. The van der Waals surface area contributed by atoms with Crippen LogP contribution in [0.4, 0.5) is 5.69 Å². The lowest BCUT2D eigenvalue weighted by Crippen LogP contribution is -2.15. The zero-order valence-corrected chi connectivity index (χ0v) is 7.88. The van der Waals surface area contributed by atoms with Gasteiger partial charge < -0.3 is 15.7 Å². The molecule has 0 saturated heterocycles. The standard InChI is InChI=1S/C8H9N3O4/c1-15-7-5(8(9)10-12)3-2-4-6(7)11(13)14/h2-4,12H,1H3,(H2,9,10). The molecular weight excluding hydrogens is 202 g/mol. The minimum Gasteiger partial charge on any atom is -0.490 e. The zero-order valence-electron chi connectivity index (χ0n) is 7.88. The SMILES string of the molecule is COc1c(/C(N)=N/O)cccc1[N+](=O)[O-]. The van der Waals surface area contributed by atoms with Crippen LogP contribution >= 0.6 is 0 Å². The van der Waals surface area contributed by atoms with E-state index >= 15 is 0 Å². The van der Waals surface area contributed by atoms with Gasteiger partial charge in [0.2, 0.25) is 5.75 Å². The molecule has 0 spiro atoms. The van der Waals surface area contributed by atoms with Crippen LogP contribution in [0.1, 0.15) is 5.56 Å². The van der Waals surface area contributed by atoms with Crippen LogP contribution in [0.3, 0.4) is 0 Å². The molecular formula is C8H9N3O4. The summed E-state index contributed by atoms with van der Waals surface area (Å²) in [4.78, 5) is 10.0. The van der Waals surface area contributed by atoms with Crippen molar-refractivity contribution in [3.8, 4) is 5.75 Å². The smallest absolute Gasteiger partial charge is 0.311 e. The van der Waals surface area contributed by atoms with Crippen molar-refractivity contribution in [1.29, 1.82) is 0 Å². The number of nitro benzene ring substituents is 1. The molecule has 7 heteroatoms. The summed E-state index contributed by atoms with van der Waals surface area (Å²) in [6.07, 6.45) is 0. The number of nitrogens with two attached hydrogens (primary N) is 1. The average molecular weight is 211 g/mol. The summed E-state index contributed by atoms with van der Waals surface area (Å²) in [5.41, 5.74) is 5.28. The minimum atomic E-state index is -0.604. The number of rotatable bonds is 3. The van der Waals surface area contributed by atoms with Crippen molar-refractivity contribution in [2.75, 3.05) is 7.11 Å². The van der Waals surface area contributed by atoms with Crippen LogP contribution < -0.4 is 10.5 Å². The predicted octanol–water partition coefficient (Wildman–Crippen LogP) is 0.698. The minimum absolute atomic E-state index is 0.0298. The maximum absolute atomic E-state index is 10.6.